The highest BCUT2D eigenvalue weighted by atomic mass is 16.5. The lowest BCUT2D eigenvalue weighted by Crippen LogP contribution is -2.39. The summed E-state index contributed by atoms with van der Waals surface area (Å²) in [6.45, 7) is 0.569. The minimum absolute atomic E-state index is 0.0313. The van der Waals surface area contributed by atoms with Crippen LogP contribution in [0.15, 0.2) is 88.8 Å². The van der Waals surface area contributed by atoms with Gasteiger partial charge in [0.1, 0.15) is 18.1 Å². The quantitative estimate of drug-likeness (QED) is 0.266. The van der Waals surface area contributed by atoms with Gasteiger partial charge in [-0.2, -0.15) is 0 Å². The second kappa shape index (κ2) is 14.1. The van der Waals surface area contributed by atoms with E-state index in [9.17, 15) is 19.8 Å². The van der Waals surface area contributed by atoms with Gasteiger partial charge in [-0.25, -0.2) is 0 Å². The highest BCUT2D eigenvalue weighted by Gasteiger charge is 2.14. The number of amides is 1. The van der Waals surface area contributed by atoms with Crippen molar-refractivity contribution in [3.05, 3.63) is 95.6 Å². The predicted molar refractivity (Wildman–Crippen MR) is 139 cm³/mol. The van der Waals surface area contributed by atoms with Crippen LogP contribution in [-0.4, -0.2) is 53.7 Å². The molecule has 0 radical (unpaired) electrons. The van der Waals surface area contributed by atoms with Gasteiger partial charge in [0, 0.05) is 30.0 Å². The van der Waals surface area contributed by atoms with E-state index >= 15 is 0 Å². The molecule has 0 atom stereocenters. The third-order valence-corrected chi connectivity index (χ3v) is 5.15. The highest BCUT2D eigenvalue weighted by Crippen LogP contribution is 2.14. The number of carbonyl (C=O) groups is 2. The number of para-hydroxylation sites is 2. The molecule has 0 unspecified atom stereocenters. The number of phenols is 2. The zero-order valence-corrected chi connectivity index (χ0v) is 19.8. The van der Waals surface area contributed by atoms with Crippen molar-refractivity contribution < 1.29 is 24.5 Å². The molecule has 0 aliphatic rings. The van der Waals surface area contributed by atoms with Crippen molar-refractivity contribution in [1.29, 1.82) is 0 Å². The van der Waals surface area contributed by atoms with Crippen molar-refractivity contribution in [2.24, 2.45) is 9.98 Å². The molecule has 0 bridgehead atoms. The van der Waals surface area contributed by atoms with Crippen LogP contribution < -0.4 is 5.32 Å². The average molecular weight is 488 g/mol. The van der Waals surface area contributed by atoms with E-state index < -0.39 is 12.0 Å². The number of benzene rings is 3. The summed E-state index contributed by atoms with van der Waals surface area (Å²) in [7, 11) is 0. The number of rotatable bonds is 12. The lowest BCUT2D eigenvalue weighted by atomic mass is 10.2. The first-order valence-corrected chi connectivity index (χ1v) is 11.6. The smallest absolute Gasteiger partial charge is 0.306 e. The lowest BCUT2D eigenvalue weighted by Gasteiger charge is -2.15. The summed E-state index contributed by atoms with van der Waals surface area (Å²) in [5.74, 6) is -0.574. The van der Waals surface area contributed by atoms with E-state index in [1.165, 1.54) is 12.4 Å². The van der Waals surface area contributed by atoms with E-state index in [0.717, 1.165) is 5.56 Å². The second-order valence-electron chi connectivity index (χ2n) is 8.02. The van der Waals surface area contributed by atoms with Gasteiger partial charge in [0.2, 0.25) is 5.91 Å². The number of hydrogen-bond donors (Lipinski definition) is 3. The molecule has 8 heteroatoms. The number of hydrogen-bond acceptors (Lipinski definition) is 7. The topological polar surface area (TPSA) is 121 Å². The Kier molecular flexibility index (Phi) is 10.2. The Morgan fingerprint density at radius 2 is 1.31 bits per heavy atom. The van der Waals surface area contributed by atoms with Crippen LogP contribution in [0.3, 0.4) is 0 Å². The van der Waals surface area contributed by atoms with E-state index in [-0.39, 0.29) is 49.9 Å². The molecule has 0 saturated heterocycles. The fourth-order valence-corrected chi connectivity index (χ4v) is 3.22. The first kappa shape index (κ1) is 26.2. The molecule has 0 spiro atoms. The Morgan fingerprint density at radius 1 is 0.778 bits per heavy atom. The summed E-state index contributed by atoms with van der Waals surface area (Å²) in [4.78, 5) is 33.2. The molecule has 0 fully saturated rings. The summed E-state index contributed by atoms with van der Waals surface area (Å²) in [6, 6.07) is 22.4. The summed E-state index contributed by atoms with van der Waals surface area (Å²) in [5, 5.41) is 22.7. The van der Waals surface area contributed by atoms with Gasteiger partial charge in [0.15, 0.2) is 0 Å². The van der Waals surface area contributed by atoms with Gasteiger partial charge in [0.25, 0.3) is 0 Å². The average Bonchev–Trinajstić information content (AvgIpc) is 2.89. The Bertz CT molecular complexity index is 1140. The largest absolute Gasteiger partial charge is 0.507 e. The molecule has 0 aliphatic carbocycles. The maximum absolute atomic E-state index is 12.5. The molecule has 3 N–H and O–H groups in total. The number of aliphatic imine (C=N–C) groups is 2. The Balaban J connectivity index is 1.54. The van der Waals surface area contributed by atoms with Gasteiger partial charge in [-0.3, -0.25) is 19.6 Å². The fraction of sp³-hybridized carbons (Fsp3) is 0.214. The lowest BCUT2D eigenvalue weighted by molar-refractivity contribution is -0.146. The van der Waals surface area contributed by atoms with Gasteiger partial charge >= 0.3 is 5.97 Å². The van der Waals surface area contributed by atoms with Crippen LogP contribution in [-0.2, 0) is 20.9 Å². The maximum atomic E-state index is 12.5. The first-order valence-electron chi connectivity index (χ1n) is 11.6. The molecular weight excluding hydrogens is 458 g/mol. The Morgan fingerprint density at radius 3 is 1.86 bits per heavy atom. The number of aromatic hydroxyl groups is 2. The van der Waals surface area contributed by atoms with E-state index in [1.807, 2.05) is 30.3 Å². The van der Waals surface area contributed by atoms with Gasteiger partial charge in [-0.15, -0.1) is 0 Å². The number of nitrogens with one attached hydrogen (secondary N) is 1. The van der Waals surface area contributed by atoms with Gasteiger partial charge in [-0.05, 0) is 29.8 Å². The summed E-state index contributed by atoms with van der Waals surface area (Å²) in [6.07, 6.45) is 2.98. The number of phenolic OH excluding ortho intramolecular Hbond substituents is 2. The van der Waals surface area contributed by atoms with Crippen LogP contribution in [0.1, 0.15) is 29.5 Å². The van der Waals surface area contributed by atoms with Crippen LogP contribution in [0.2, 0.25) is 0 Å². The van der Waals surface area contributed by atoms with E-state index in [2.05, 4.69) is 15.3 Å². The predicted octanol–water partition coefficient (Wildman–Crippen LogP) is 3.64. The first-order chi connectivity index (χ1) is 17.5. The van der Waals surface area contributed by atoms with Gasteiger partial charge < -0.3 is 20.3 Å². The Labute approximate surface area is 210 Å². The van der Waals surface area contributed by atoms with Gasteiger partial charge in [-0.1, -0.05) is 54.6 Å². The number of esters is 1. The normalized spacial score (nSPS) is 12.0. The molecular formula is C28H29N3O5. The van der Waals surface area contributed by atoms with E-state index in [4.69, 9.17) is 4.74 Å². The van der Waals surface area contributed by atoms with E-state index in [1.54, 1.807) is 48.5 Å². The SMILES string of the molecule is O=C(CCC(=O)OCc1ccccc1)NC(CN=Cc1ccccc1O)CN=Cc1ccccc1O. The maximum Gasteiger partial charge on any atom is 0.306 e. The molecule has 3 aromatic carbocycles. The standard InChI is InChI=1S/C28H29N3O5/c32-25-12-6-4-10-22(25)16-29-18-24(19-30-17-23-11-5-7-13-26(23)33)31-27(34)14-15-28(35)36-20-21-8-2-1-3-9-21/h1-13,16-17,24,32-33H,14-15,18-20H2,(H,31,34). The zero-order valence-electron chi connectivity index (χ0n) is 19.8. The van der Waals surface area contributed by atoms with Crippen LogP contribution in [0.5, 0.6) is 11.5 Å². The van der Waals surface area contributed by atoms with Crippen LogP contribution in [0.25, 0.3) is 0 Å². The molecule has 0 aromatic heterocycles. The van der Waals surface area contributed by atoms with Crippen LogP contribution in [0, 0.1) is 0 Å². The molecule has 3 aromatic rings. The van der Waals surface area contributed by atoms with E-state index in [0.29, 0.717) is 11.1 Å². The summed E-state index contributed by atoms with van der Waals surface area (Å²) >= 11 is 0. The molecule has 0 saturated carbocycles. The summed E-state index contributed by atoms with van der Waals surface area (Å²) in [5.41, 5.74) is 1.99. The van der Waals surface area contributed by atoms with Crippen LogP contribution in [0.4, 0.5) is 0 Å². The van der Waals surface area contributed by atoms with Crippen molar-refractivity contribution in [1.82, 2.24) is 5.32 Å². The van der Waals surface area contributed by atoms with Crippen molar-refractivity contribution >= 4 is 24.3 Å². The summed E-state index contributed by atoms with van der Waals surface area (Å²) < 4.78 is 5.22. The monoisotopic (exact) mass is 487 g/mol. The molecule has 36 heavy (non-hydrogen) atoms. The minimum atomic E-state index is -0.458. The fourth-order valence-electron chi connectivity index (χ4n) is 3.22. The molecule has 3 rings (SSSR count). The minimum Gasteiger partial charge on any atom is -0.507 e. The Hall–Kier alpha value is -4.46. The van der Waals surface area contributed by atoms with Crippen molar-refractivity contribution in [2.75, 3.05) is 13.1 Å². The molecule has 8 nitrogen and oxygen atoms in total. The van der Waals surface area contributed by atoms with Crippen LogP contribution >= 0.6 is 0 Å². The molecule has 186 valence electrons. The third-order valence-electron chi connectivity index (χ3n) is 5.15. The second-order valence-corrected chi connectivity index (χ2v) is 8.02. The van der Waals surface area contributed by atoms with Crippen molar-refractivity contribution in [3.8, 4) is 11.5 Å². The van der Waals surface area contributed by atoms with Crippen molar-refractivity contribution in [2.45, 2.75) is 25.5 Å². The molecule has 1 amide bonds. The third kappa shape index (κ3) is 9.06. The molecule has 0 aliphatic heterocycles. The highest BCUT2D eigenvalue weighted by molar-refractivity contribution is 5.84. The van der Waals surface area contributed by atoms with Crippen molar-refractivity contribution in [3.63, 3.8) is 0 Å². The van der Waals surface area contributed by atoms with Gasteiger partial charge in [0.05, 0.1) is 25.6 Å². The number of nitrogens with zero attached hydrogens (tertiary/aromatic N) is 2. The molecule has 0 heterocycles. The number of ether oxygens (including phenoxy) is 1. The zero-order chi connectivity index (χ0) is 25.6. The number of carbonyl (C=O) groups excluding carboxylic acids is 2.